The lowest BCUT2D eigenvalue weighted by Gasteiger charge is -2.11. The Bertz CT molecular complexity index is 821. The molecule has 2 heterocycles. The van der Waals surface area contributed by atoms with Gasteiger partial charge in [-0.3, -0.25) is 14.7 Å². The molecule has 1 amide bonds. The van der Waals surface area contributed by atoms with Crippen molar-refractivity contribution in [1.29, 1.82) is 0 Å². The average Bonchev–Trinajstić information content (AvgIpc) is 3.21. The lowest BCUT2D eigenvalue weighted by atomic mass is 10.3. The first-order chi connectivity index (χ1) is 12.2. The van der Waals surface area contributed by atoms with Crippen LogP contribution in [0, 0.1) is 0 Å². The molecule has 0 radical (unpaired) electrons. The molecule has 1 aliphatic rings. The molecule has 1 saturated heterocycles. The minimum absolute atomic E-state index is 0.0159. The van der Waals surface area contributed by atoms with E-state index in [1.54, 1.807) is 12.0 Å². The number of benzene rings is 1. The molecule has 1 aromatic carbocycles. The van der Waals surface area contributed by atoms with Crippen molar-refractivity contribution in [2.75, 3.05) is 20.2 Å². The van der Waals surface area contributed by atoms with Crippen molar-refractivity contribution < 1.29 is 9.53 Å². The third kappa shape index (κ3) is 3.49. The van der Waals surface area contributed by atoms with Crippen LogP contribution in [-0.2, 0) is 4.79 Å². The van der Waals surface area contributed by atoms with E-state index in [1.807, 2.05) is 67.1 Å². The van der Waals surface area contributed by atoms with E-state index in [4.69, 9.17) is 4.74 Å². The summed E-state index contributed by atoms with van der Waals surface area (Å²) in [7, 11) is 1.65. The number of carbonyl (C=O) groups is 1. The van der Waals surface area contributed by atoms with E-state index in [2.05, 4.69) is 4.99 Å². The Morgan fingerprint density at radius 1 is 1.20 bits per heavy atom. The fourth-order valence-corrected chi connectivity index (χ4v) is 3.75. The number of hydrogen-bond acceptors (Lipinski definition) is 4. The van der Waals surface area contributed by atoms with E-state index < -0.39 is 0 Å². The van der Waals surface area contributed by atoms with E-state index in [0.717, 1.165) is 22.3 Å². The van der Waals surface area contributed by atoms with Crippen LogP contribution in [0.5, 0.6) is 5.75 Å². The predicted octanol–water partition coefficient (Wildman–Crippen LogP) is 3.80. The Morgan fingerprint density at radius 3 is 2.60 bits per heavy atom. The molecule has 2 aromatic rings. The summed E-state index contributed by atoms with van der Waals surface area (Å²) in [5.41, 5.74) is 1.97. The van der Waals surface area contributed by atoms with Gasteiger partial charge in [0.25, 0.3) is 5.91 Å². The van der Waals surface area contributed by atoms with Gasteiger partial charge in [0.2, 0.25) is 0 Å². The molecule has 0 unspecified atom stereocenters. The zero-order valence-corrected chi connectivity index (χ0v) is 15.4. The van der Waals surface area contributed by atoms with Gasteiger partial charge in [-0.15, -0.1) is 0 Å². The molecule has 0 bridgehead atoms. The maximum Gasteiger partial charge on any atom is 0.266 e. The molecule has 0 spiro atoms. The molecule has 3 rings (SSSR count). The number of hydrogen-bond donors (Lipinski definition) is 0. The van der Waals surface area contributed by atoms with Crippen molar-refractivity contribution in [3.8, 4) is 11.4 Å². The number of methoxy groups -OCH3 is 1. The molecule has 1 aromatic heterocycles. The van der Waals surface area contributed by atoms with Crippen LogP contribution in [0.15, 0.2) is 52.5 Å². The molecule has 6 heteroatoms. The fourth-order valence-electron chi connectivity index (χ4n) is 2.66. The Kier molecular flexibility index (Phi) is 5.28. The van der Waals surface area contributed by atoms with Gasteiger partial charge in [0.1, 0.15) is 5.75 Å². The topological polar surface area (TPSA) is 46.8 Å². The number of rotatable bonds is 5. The first-order valence-electron chi connectivity index (χ1n) is 8.25. The fraction of sp³-hybridized carbons (Fsp3) is 0.263. The molecule has 0 atom stereocenters. The predicted molar refractivity (Wildman–Crippen MR) is 103 cm³/mol. The highest BCUT2D eigenvalue weighted by atomic mass is 32.2. The minimum atomic E-state index is 0.0159. The normalized spacial score (nSPS) is 17.7. The smallest absolute Gasteiger partial charge is 0.266 e. The standard InChI is InChI=1S/C19H21N3O2S/c1-4-20-19-21(5-2)18(23)17(25-19)13-15-7-6-12-22(15)14-8-10-16(24-3)11-9-14/h6-13H,4-5H2,1-3H3/b17-13+,20-19?. The monoisotopic (exact) mass is 355 g/mol. The zero-order chi connectivity index (χ0) is 17.8. The average molecular weight is 355 g/mol. The third-order valence-corrected chi connectivity index (χ3v) is 4.95. The van der Waals surface area contributed by atoms with Gasteiger partial charge in [-0.2, -0.15) is 0 Å². The maximum absolute atomic E-state index is 12.6. The number of nitrogens with zero attached hydrogens (tertiary/aromatic N) is 3. The number of ether oxygens (including phenoxy) is 1. The first-order valence-corrected chi connectivity index (χ1v) is 9.07. The van der Waals surface area contributed by atoms with E-state index in [0.29, 0.717) is 18.0 Å². The van der Waals surface area contributed by atoms with Crippen LogP contribution in [-0.4, -0.2) is 40.7 Å². The SMILES string of the molecule is CCN=C1S/C(=C/c2cccn2-c2ccc(OC)cc2)C(=O)N1CC. The van der Waals surface area contributed by atoms with Gasteiger partial charge in [0, 0.05) is 30.7 Å². The van der Waals surface area contributed by atoms with Crippen LogP contribution in [0.3, 0.4) is 0 Å². The summed E-state index contributed by atoms with van der Waals surface area (Å²) in [6.45, 7) is 5.23. The van der Waals surface area contributed by atoms with Crippen LogP contribution in [0.25, 0.3) is 11.8 Å². The quantitative estimate of drug-likeness (QED) is 0.767. The molecule has 1 fully saturated rings. The number of amides is 1. The number of thioether (sulfide) groups is 1. The summed E-state index contributed by atoms with van der Waals surface area (Å²) in [5.74, 6) is 0.832. The molecule has 0 saturated carbocycles. The molecule has 130 valence electrons. The second kappa shape index (κ2) is 7.61. The number of amidine groups is 1. The molecular weight excluding hydrogens is 334 g/mol. The van der Waals surface area contributed by atoms with Crippen molar-refractivity contribution in [2.24, 2.45) is 4.99 Å². The first kappa shape index (κ1) is 17.4. The van der Waals surface area contributed by atoms with Gasteiger partial charge in [-0.1, -0.05) is 0 Å². The van der Waals surface area contributed by atoms with Gasteiger partial charge in [0.15, 0.2) is 5.17 Å². The second-order valence-electron chi connectivity index (χ2n) is 5.42. The van der Waals surface area contributed by atoms with E-state index in [1.165, 1.54) is 11.8 Å². The van der Waals surface area contributed by atoms with Gasteiger partial charge in [-0.05, 0) is 68.1 Å². The van der Waals surface area contributed by atoms with Gasteiger partial charge in [0.05, 0.1) is 12.0 Å². The van der Waals surface area contributed by atoms with Crippen LogP contribution in [0.2, 0.25) is 0 Å². The molecular formula is C19H21N3O2S. The molecule has 1 aliphatic heterocycles. The largest absolute Gasteiger partial charge is 0.497 e. The molecule has 0 aliphatic carbocycles. The Morgan fingerprint density at radius 2 is 1.96 bits per heavy atom. The third-order valence-electron chi connectivity index (χ3n) is 3.91. The van der Waals surface area contributed by atoms with Crippen LogP contribution >= 0.6 is 11.8 Å². The van der Waals surface area contributed by atoms with E-state index >= 15 is 0 Å². The number of likely N-dealkylation sites (N-methyl/N-ethyl adjacent to an activating group) is 1. The van der Waals surface area contributed by atoms with Crippen molar-refractivity contribution in [3.05, 3.63) is 53.2 Å². The summed E-state index contributed by atoms with van der Waals surface area (Å²) >= 11 is 1.44. The number of carbonyl (C=O) groups excluding carboxylic acids is 1. The highest BCUT2D eigenvalue weighted by Crippen LogP contribution is 2.32. The highest BCUT2D eigenvalue weighted by Gasteiger charge is 2.32. The summed E-state index contributed by atoms with van der Waals surface area (Å²) in [6, 6.07) is 11.8. The highest BCUT2D eigenvalue weighted by molar-refractivity contribution is 8.18. The van der Waals surface area contributed by atoms with Gasteiger partial charge >= 0.3 is 0 Å². The molecule has 25 heavy (non-hydrogen) atoms. The molecule has 5 nitrogen and oxygen atoms in total. The van der Waals surface area contributed by atoms with Crippen molar-refractivity contribution in [2.45, 2.75) is 13.8 Å². The van der Waals surface area contributed by atoms with Crippen molar-refractivity contribution in [1.82, 2.24) is 9.47 Å². The summed E-state index contributed by atoms with van der Waals surface area (Å²) < 4.78 is 7.26. The van der Waals surface area contributed by atoms with E-state index in [9.17, 15) is 4.79 Å². The van der Waals surface area contributed by atoms with Crippen molar-refractivity contribution >= 4 is 28.9 Å². The maximum atomic E-state index is 12.6. The Labute approximate surface area is 152 Å². The van der Waals surface area contributed by atoms with Crippen LogP contribution < -0.4 is 4.74 Å². The van der Waals surface area contributed by atoms with Crippen LogP contribution in [0.1, 0.15) is 19.5 Å². The summed E-state index contributed by atoms with van der Waals surface area (Å²) in [5, 5.41) is 0.781. The second-order valence-corrected chi connectivity index (χ2v) is 6.43. The van der Waals surface area contributed by atoms with Gasteiger partial charge in [-0.25, -0.2) is 0 Å². The van der Waals surface area contributed by atoms with Crippen molar-refractivity contribution in [3.63, 3.8) is 0 Å². The zero-order valence-electron chi connectivity index (χ0n) is 14.6. The Hall–Kier alpha value is -2.47. The lowest BCUT2D eigenvalue weighted by Crippen LogP contribution is -2.28. The summed E-state index contributed by atoms with van der Waals surface area (Å²) in [6.07, 6.45) is 3.91. The van der Waals surface area contributed by atoms with E-state index in [-0.39, 0.29) is 5.91 Å². The van der Waals surface area contributed by atoms with Crippen LogP contribution in [0.4, 0.5) is 0 Å². The minimum Gasteiger partial charge on any atom is -0.497 e. The van der Waals surface area contributed by atoms with Gasteiger partial charge < -0.3 is 9.30 Å². The molecule has 0 N–H and O–H groups in total. The summed E-state index contributed by atoms with van der Waals surface area (Å²) in [4.78, 5) is 19.5. The Balaban J connectivity index is 1.93. The lowest BCUT2D eigenvalue weighted by molar-refractivity contribution is -0.122. The number of aliphatic imine (C=N–C) groups is 1. The number of aromatic nitrogens is 1.